The summed E-state index contributed by atoms with van der Waals surface area (Å²) in [5.41, 5.74) is 1.30. The van der Waals surface area contributed by atoms with E-state index >= 15 is 0 Å². The second-order valence-electron chi connectivity index (χ2n) is 6.38. The van der Waals surface area contributed by atoms with Crippen LogP contribution in [0.4, 0.5) is 0 Å². The van der Waals surface area contributed by atoms with Crippen LogP contribution in [0.5, 0.6) is 0 Å². The van der Waals surface area contributed by atoms with E-state index in [0.717, 1.165) is 11.8 Å². The average Bonchev–Trinajstić information content (AvgIpc) is 2.65. The SMILES string of the molecule is CC(NC1CCCC(C(C)C)CC1)c1cccnc1. The molecule has 0 aliphatic heterocycles. The van der Waals surface area contributed by atoms with Crippen molar-refractivity contribution in [3.63, 3.8) is 0 Å². The van der Waals surface area contributed by atoms with E-state index in [1.807, 2.05) is 18.5 Å². The highest BCUT2D eigenvalue weighted by Crippen LogP contribution is 2.29. The molecule has 19 heavy (non-hydrogen) atoms. The molecule has 1 aromatic rings. The number of nitrogens with zero attached hydrogens (tertiary/aromatic N) is 1. The van der Waals surface area contributed by atoms with E-state index in [0.29, 0.717) is 12.1 Å². The van der Waals surface area contributed by atoms with Gasteiger partial charge in [0.15, 0.2) is 0 Å². The Kier molecular flexibility index (Phi) is 5.38. The van der Waals surface area contributed by atoms with Gasteiger partial charge in [-0.25, -0.2) is 0 Å². The van der Waals surface area contributed by atoms with Gasteiger partial charge in [0, 0.05) is 24.5 Å². The molecule has 1 fully saturated rings. The van der Waals surface area contributed by atoms with Gasteiger partial charge >= 0.3 is 0 Å². The maximum Gasteiger partial charge on any atom is 0.0315 e. The number of rotatable bonds is 4. The van der Waals surface area contributed by atoms with Gasteiger partial charge in [0.1, 0.15) is 0 Å². The molecule has 0 spiro atoms. The van der Waals surface area contributed by atoms with Crippen molar-refractivity contribution >= 4 is 0 Å². The van der Waals surface area contributed by atoms with Crippen LogP contribution < -0.4 is 5.32 Å². The normalized spacial score (nSPS) is 26.1. The molecular formula is C17H28N2. The molecule has 1 aromatic heterocycles. The molecule has 1 heterocycles. The van der Waals surface area contributed by atoms with Crippen molar-refractivity contribution in [1.82, 2.24) is 10.3 Å². The largest absolute Gasteiger partial charge is 0.307 e. The fourth-order valence-electron chi connectivity index (χ4n) is 3.25. The molecule has 1 aliphatic carbocycles. The van der Waals surface area contributed by atoms with Crippen LogP contribution in [0.2, 0.25) is 0 Å². The average molecular weight is 260 g/mol. The zero-order valence-electron chi connectivity index (χ0n) is 12.6. The molecule has 106 valence electrons. The third-order valence-electron chi connectivity index (χ3n) is 4.63. The van der Waals surface area contributed by atoms with E-state index in [4.69, 9.17) is 0 Å². The predicted octanol–water partition coefficient (Wildman–Crippen LogP) is 4.34. The Bertz CT molecular complexity index is 361. The third kappa shape index (κ3) is 4.31. The molecule has 0 bridgehead atoms. The molecule has 3 atom stereocenters. The van der Waals surface area contributed by atoms with Crippen molar-refractivity contribution < 1.29 is 0 Å². The van der Waals surface area contributed by atoms with E-state index in [2.05, 4.69) is 37.1 Å². The zero-order valence-corrected chi connectivity index (χ0v) is 12.6. The molecule has 2 heteroatoms. The van der Waals surface area contributed by atoms with Gasteiger partial charge in [0.25, 0.3) is 0 Å². The molecule has 0 aromatic carbocycles. The van der Waals surface area contributed by atoms with E-state index in [1.54, 1.807) is 0 Å². The minimum Gasteiger partial charge on any atom is -0.307 e. The second kappa shape index (κ2) is 7.04. The van der Waals surface area contributed by atoms with Crippen LogP contribution in [-0.4, -0.2) is 11.0 Å². The summed E-state index contributed by atoms with van der Waals surface area (Å²) >= 11 is 0. The summed E-state index contributed by atoms with van der Waals surface area (Å²) in [6.07, 6.45) is 10.6. The lowest BCUT2D eigenvalue weighted by Gasteiger charge is -2.23. The van der Waals surface area contributed by atoms with Gasteiger partial charge in [-0.1, -0.05) is 32.8 Å². The zero-order chi connectivity index (χ0) is 13.7. The highest BCUT2D eigenvalue weighted by Gasteiger charge is 2.22. The maximum absolute atomic E-state index is 4.21. The summed E-state index contributed by atoms with van der Waals surface area (Å²) in [6, 6.07) is 5.28. The van der Waals surface area contributed by atoms with Gasteiger partial charge < -0.3 is 5.32 Å². The topological polar surface area (TPSA) is 24.9 Å². The second-order valence-corrected chi connectivity index (χ2v) is 6.38. The summed E-state index contributed by atoms with van der Waals surface area (Å²) in [7, 11) is 0. The lowest BCUT2D eigenvalue weighted by molar-refractivity contribution is 0.335. The van der Waals surface area contributed by atoms with Crippen LogP contribution >= 0.6 is 0 Å². The number of hydrogen-bond acceptors (Lipinski definition) is 2. The Hall–Kier alpha value is -0.890. The van der Waals surface area contributed by atoms with E-state index in [1.165, 1.54) is 37.7 Å². The molecule has 0 amide bonds. The predicted molar refractivity (Wildman–Crippen MR) is 81.0 cm³/mol. The fourth-order valence-corrected chi connectivity index (χ4v) is 3.25. The number of hydrogen-bond donors (Lipinski definition) is 1. The van der Waals surface area contributed by atoms with Crippen LogP contribution in [0, 0.1) is 11.8 Å². The summed E-state index contributed by atoms with van der Waals surface area (Å²) < 4.78 is 0. The van der Waals surface area contributed by atoms with Crippen molar-refractivity contribution in [3.05, 3.63) is 30.1 Å². The molecule has 0 saturated heterocycles. The lowest BCUT2D eigenvalue weighted by atomic mass is 9.89. The summed E-state index contributed by atoms with van der Waals surface area (Å²) in [5, 5.41) is 3.79. The van der Waals surface area contributed by atoms with E-state index in [-0.39, 0.29) is 0 Å². The first-order valence-electron chi connectivity index (χ1n) is 7.82. The highest BCUT2D eigenvalue weighted by molar-refractivity contribution is 5.13. The van der Waals surface area contributed by atoms with Crippen molar-refractivity contribution in [2.45, 2.75) is 65.0 Å². The fraction of sp³-hybridized carbons (Fsp3) is 0.706. The van der Waals surface area contributed by atoms with Gasteiger partial charge in [0.2, 0.25) is 0 Å². The van der Waals surface area contributed by atoms with Gasteiger partial charge in [0.05, 0.1) is 0 Å². The minimum atomic E-state index is 0.411. The number of aromatic nitrogens is 1. The molecule has 2 nitrogen and oxygen atoms in total. The molecule has 1 N–H and O–H groups in total. The summed E-state index contributed by atoms with van der Waals surface area (Å²) in [4.78, 5) is 4.21. The van der Waals surface area contributed by atoms with Gasteiger partial charge in [-0.3, -0.25) is 4.98 Å². The van der Waals surface area contributed by atoms with Gasteiger partial charge in [-0.15, -0.1) is 0 Å². The van der Waals surface area contributed by atoms with Crippen LogP contribution in [0.25, 0.3) is 0 Å². The van der Waals surface area contributed by atoms with Crippen molar-refractivity contribution in [2.75, 3.05) is 0 Å². The molecule has 3 unspecified atom stereocenters. The van der Waals surface area contributed by atoms with E-state index < -0.39 is 0 Å². The standard InChI is InChI=1S/C17H28N2/c1-13(2)15-6-4-8-17(10-9-15)19-14(3)16-7-5-11-18-12-16/h5,7,11-15,17,19H,4,6,8-10H2,1-3H3. The lowest BCUT2D eigenvalue weighted by Crippen LogP contribution is -2.31. The Morgan fingerprint density at radius 3 is 2.68 bits per heavy atom. The summed E-state index contributed by atoms with van der Waals surface area (Å²) in [5.74, 6) is 1.77. The smallest absolute Gasteiger partial charge is 0.0315 e. The Balaban J connectivity index is 1.86. The molecule has 0 radical (unpaired) electrons. The molecule has 1 saturated carbocycles. The number of nitrogens with one attached hydrogen (secondary N) is 1. The Labute approximate surface area is 118 Å². The molecular weight excluding hydrogens is 232 g/mol. The van der Waals surface area contributed by atoms with Crippen LogP contribution in [0.1, 0.15) is 64.5 Å². The highest BCUT2D eigenvalue weighted by atomic mass is 14.9. The first-order chi connectivity index (χ1) is 9.16. The Morgan fingerprint density at radius 1 is 1.16 bits per heavy atom. The summed E-state index contributed by atoms with van der Waals surface area (Å²) in [6.45, 7) is 7.00. The quantitative estimate of drug-likeness (QED) is 0.815. The van der Waals surface area contributed by atoms with Crippen LogP contribution in [0.3, 0.4) is 0 Å². The van der Waals surface area contributed by atoms with E-state index in [9.17, 15) is 0 Å². The Morgan fingerprint density at radius 2 is 2.00 bits per heavy atom. The van der Waals surface area contributed by atoms with Crippen molar-refractivity contribution in [2.24, 2.45) is 11.8 Å². The number of pyridine rings is 1. The van der Waals surface area contributed by atoms with Crippen LogP contribution in [0.15, 0.2) is 24.5 Å². The minimum absolute atomic E-state index is 0.411. The maximum atomic E-state index is 4.21. The van der Waals surface area contributed by atoms with Crippen LogP contribution in [-0.2, 0) is 0 Å². The molecule has 1 aliphatic rings. The molecule has 2 rings (SSSR count). The van der Waals surface area contributed by atoms with Gasteiger partial charge in [-0.05, 0) is 49.7 Å². The van der Waals surface area contributed by atoms with Crippen molar-refractivity contribution in [1.29, 1.82) is 0 Å². The first-order valence-corrected chi connectivity index (χ1v) is 7.82. The van der Waals surface area contributed by atoms with Gasteiger partial charge in [-0.2, -0.15) is 0 Å². The van der Waals surface area contributed by atoms with Crippen molar-refractivity contribution in [3.8, 4) is 0 Å². The third-order valence-corrected chi connectivity index (χ3v) is 4.63. The first kappa shape index (κ1) is 14.5. The monoisotopic (exact) mass is 260 g/mol.